The molecule has 0 fully saturated rings. The fourth-order valence-electron chi connectivity index (χ4n) is 1.64. The molecule has 1 aromatic rings. The molecule has 1 aliphatic heterocycles. The average molecular weight is 313 g/mol. The zero-order valence-electron chi connectivity index (χ0n) is 7.03. The summed E-state index contributed by atoms with van der Waals surface area (Å²) in [5.74, 6) is 0. The third-order valence-corrected chi connectivity index (χ3v) is 3.29. The van der Waals surface area contributed by atoms with Crippen molar-refractivity contribution in [3.05, 3.63) is 32.9 Å². The van der Waals surface area contributed by atoms with Gasteiger partial charge >= 0.3 is 6.18 Å². The number of hydrogen-bond donors (Lipinski definition) is 1. The number of benzene rings is 1. The molecule has 0 spiro atoms. The molecule has 0 saturated carbocycles. The van der Waals surface area contributed by atoms with Gasteiger partial charge < -0.3 is 0 Å². The highest BCUT2D eigenvalue weighted by Crippen LogP contribution is 2.39. The van der Waals surface area contributed by atoms with Crippen molar-refractivity contribution in [3.63, 3.8) is 0 Å². The largest absolute Gasteiger partial charge is 0.407 e. The predicted molar refractivity (Wildman–Crippen MR) is 54.8 cm³/mol. The van der Waals surface area contributed by atoms with Crippen molar-refractivity contribution < 1.29 is 13.2 Å². The van der Waals surface area contributed by atoms with Crippen molar-refractivity contribution in [2.24, 2.45) is 0 Å². The maximum absolute atomic E-state index is 12.5. The Kier molecular flexibility index (Phi) is 2.46. The van der Waals surface area contributed by atoms with E-state index in [4.69, 9.17) is 0 Å². The van der Waals surface area contributed by atoms with Crippen LogP contribution in [0.4, 0.5) is 13.2 Å². The number of halogens is 4. The third-order valence-electron chi connectivity index (χ3n) is 2.28. The average Bonchev–Trinajstić information content (AvgIpc) is 2.47. The molecule has 0 aliphatic carbocycles. The van der Waals surface area contributed by atoms with Crippen molar-refractivity contribution in [2.75, 3.05) is 0 Å². The highest BCUT2D eigenvalue weighted by molar-refractivity contribution is 14.1. The molecular weight excluding hydrogens is 306 g/mol. The van der Waals surface area contributed by atoms with Crippen LogP contribution >= 0.6 is 22.6 Å². The number of fused-ring (bicyclic) bond motifs is 1. The molecule has 0 radical (unpaired) electrons. The first-order chi connectivity index (χ1) is 6.50. The van der Waals surface area contributed by atoms with Gasteiger partial charge in [0.2, 0.25) is 0 Å². The Morgan fingerprint density at radius 3 is 2.71 bits per heavy atom. The van der Waals surface area contributed by atoms with Crippen LogP contribution in [-0.2, 0) is 6.54 Å². The summed E-state index contributed by atoms with van der Waals surface area (Å²) in [5, 5.41) is 2.47. The molecule has 0 bridgehead atoms. The molecule has 1 N–H and O–H groups in total. The van der Waals surface area contributed by atoms with Gasteiger partial charge in [-0.25, -0.2) is 0 Å². The van der Waals surface area contributed by atoms with Gasteiger partial charge in [0, 0.05) is 10.1 Å². The van der Waals surface area contributed by atoms with Crippen molar-refractivity contribution >= 4 is 22.6 Å². The molecule has 1 heterocycles. The molecular formula is C9H7F3IN. The Morgan fingerprint density at radius 1 is 1.36 bits per heavy atom. The van der Waals surface area contributed by atoms with Crippen LogP contribution in [-0.4, -0.2) is 6.18 Å². The lowest BCUT2D eigenvalue weighted by Crippen LogP contribution is -2.28. The van der Waals surface area contributed by atoms with Crippen LogP contribution in [0.5, 0.6) is 0 Å². The van der Waals surface area contributed by atoms with Crippen LogP contribution in [0.2, 0.25) is 0 Å². The van der Waals surface area contributed by atoms with Gasteiger partial charge in [-0.15, -0.1) is 0 Å². The smallest absolute Gasteiger partial charge is 0.298 e. The Hall–Kier alpha value is -0.300. The molecule has 1 atom stereocenters. The Bertz CT molecular complexity index is 362. The van der Waals surface area contributed by atoms with Gasteiger partial charge in [0.25, 0.3) is 0 Å². The van der Waals surface area contributed by atoms with Crippen LogP contribution in [0.15, 0.2) is 18.2 Å². The SMILES string of the molecule is FC(F)(F)[C@H]1NCc2c(I)cccc21. The van der Waals surface area contributed by atoms with E-state index in [0.29, 0.717) is 12.1 Å². The molecule has 1 aromatic carbocycles. The second-order valence-corrected chi connectivity index (χ2v) is 4.33. The summed E-state index contributed by atoms with van der Waals surface area (Å²) < 4.78 is 38.4. The molecule has 1 aliphatic rings. The second kappa shape index (κ2) is 3.37. The summed E-state index contributed by atoms with van der Waals surface area (Å²) in [6.07, 6.45) is -4.20. The summed E-state index contributed by atoms with van der Waals surface area (Å²) >= 11 is 2.06. The predicted octanol–water partition coefficient (Wildman–Crippen LogP) is 3.00. The summed E-state index contributed by atoms with van der Waals surface area (Å²) in [7, 11) is 0. The van der Waals surface area contributed by atoms with E-state index in [9.17, 15) is 13.2 Å². The number of alkyl halides is 3. The number of hydrogen-bond acceptors (Lipinski definition) is 1. The Labute approximate surface area is 92.8 Å². The Morgan fingerprint density at radius 2 is 2.07 bits per heavy atom. The third kappa shape index (κ3) is 1.63. The van der Waals surface area contributed by atoms with Gasteiger partial charge in [-0.05, 0) is 39.8 Å². The minimum absolute atomic E-state index is 0.304. The molecule has 5 heteroatoms. The van der Waals surface area contributed by atoms with E-state index in [2.05, 4.69) is 27.9 Å². The lowest BCUT2D eigenvalue weighted by atomic mass is 10.1. The van der Waals surface area contributed by atoms with E-state index in [1.54, 1.807) is 6.07 Å². The normalized spacial score (nSPS) is 21.0. The fourth-order valence-corrected chi connectivity index (χ4v) is 2.35. The highest BCUT2D eigenvalue weighted by atomic mass is 127. The highest BCUT2D eigenvalue weighted by Gasteiger charge is 2.44. The Balaban J connectivity index is 2.45. The van der Waals surface area contributed by atoms with Crippen molar-refractivity contribution in [3.8, 4) is 0 Å². The zero-order valence-corrected chi connectivity index (χ0v) is 9.19. The number of nitrogens with one attached hydrogen (secondary N) is 1. The standard InChI is InChI=1S/C9H7F3IN/c10-9(11,12)8-5-2-1-3-7(13)6(5)4-14-8/h1-3,8,14H,4H2/t8-/m0/s1. The van der Waals surface area contributed by atoms with Crippen molar-refractivity contribution in [1.82, 2.24) is 5.32 Å². The van der Waals surface area contributed by atoms with Crippen LogP contribution < -0.4 is 5.32 Å². The molecule has 14 heavy (non-hydrogen) atoms. The van der Waals surface area contributed by atoms with Crippen LogP contribution in [0.25, 0.3) is 0 Å². The number of rotatable bonds is 0. The summed E-state index contributed by atoms with van der Waals surface area (Å²) in [6.45, 7) is 0.304. The van der Waals surface area contributed by atoms with E-state index in [1.165, 1.54) is 6.07 Å². The van der Waals surface area contributed by atoms with E-state index >= 15 is 0 Å². The van der Waals surface area contributed by atoms with Crippen LogP contribution in [0.1, 0.15) is 17.2 Å². The molecule has 0 amide bonds. The first kappa shape index (κ1) is 10.2. The van der Waals surface area contributed by atoms with Gasteiger partial charge in [-0.3, -0.25) is 5.32 Å². The van der Waals surface area contributed by atoms with Gasteiger partial charge in [-0.1, -0.05) is 12.1 Å². The van der Waals surface area contributed by atoms with E-state index in [1.807, 2.05) is 6.07 Å². The molecule has 2 rings (SSSR count). The molecule has 0 unspecified atom stereocenters. The van der Waals surface area contributed by atoms with Gasteiger partial charge in [-0.2, -0.15) is 13.2 Å². The minimum Gasteiger partial charge on any atom is -0.298 e. The molecule has 0 aromatic heterocycles. The molecule has 76 valence electrons. The lowest BCUT2D eigenvalue weighted by Gasteiger charge is -2.15. The van der Waals surface area contributed by atoms with Crippen LogP contribution in [0.3, 0.4) is 0 Å². The lowest BCUT2D eigenvalue weighted by molar-refractivity contribution is -0.155. The van der Waals surface area contributed by atoms with E-state index in [-0.39, 0.29) is 0 Å². The van der Waals surface area contributed by atoms with Gasteiger partial charge in [0.1, 0.15) is 6.04 Å². The second-order valence-electron chi connectivity index (χ2n) is 3.16. The maximum atomic E-state index is 12.5. The minimum atomic E-state index is -4.20. The first-order valence-electron chi connectivity index (χ1n) is 4.07. The summed E-state index contributed by atoms with van der Waals surface area (Å²) in [6, 6.07) is 3.52. The topological polar surface area (TPSA) is 12.0 Å². The molecule has 1 nitrogen and oxygen atoms in total. The quantitative estimate of drug-likeness (QED) is 0.726. The van der Waals surface area contributed by atoms with Crippen molar-refractivity contribution in [1.29, 1.82) is 0 Å². The van der Waals surface area contributed by atoms with Crippen LogP contribution in [0, 0.1) is 3.57 Å². The van der Waals surface area contributed by atoms with Crippen molar-refractivity contribution in [2.45, 2.75) is 18.8 Å². The first-order valence-corrected chi connectivity index (χ1v) is 5.15. The summed E-state index contributed by atoms with van der Waals surface area (Å²) in [4.78, 5) is 0. The molecule has 0 saturated heterocycles. The van der Waals surface area contributed by atoms with Gasteiger partial charge in [0.05, 0.1) is 0 Å². The van der Waals surface area contributed by atoms with E-state index < -0.39 is 12.2 Å². The van der Waals surface area contributed by atoms with E-state index in [0.717, 1.165) is 9.13 Å². The summed E-state index contributed by atoms with van der Waals surface area (Å²) in [5.41, 5.74) is 1.14. The fraction of sp³-hybridized carbons (Fsp3) is 0.333. The van der Waals surface area contributed by atoms with Gasteiger partial charge in [0.15, 0.2) is 0 Å². The zero-order chi connectivity index (χ0) is 10.3. The maximum Gasteiger partial charge on any atom is 0.407 e. The monoisotopic (exact) mass is 313 g/mol.